The van der Waals surface area contributed by atoms with Crippen LogP contribution in [0.3, 0.4) is 0 Å². The Labute approximate surface area is 174 Å². The lowest BCUT2D eigenvalue weighted by molar-refractivity contribution is -0.189. The highest BCUT2D eigenvalue weighted by atomic mass is 19.1. The molecule has 2 saturated heterocycles. The third kappa shape index (κ3) is 3.23. The molecule has 2 aliphatic rings. The standard InChI is InChI=1S/C22H26F2N4O2/c1-12-5-15-9-22(8-12,21(3,4)30)28(15)20(29)27-18-7-16(13(2)6-17(18)24)19-25-10-14(23)11-26-19/h6-7,10-12,15,30H,5,8-9H2,1-4H3,(H,27,29)/t12-,15+,22-/m0/s1. The van der Waals surface area contributed by atoms with Gasteiger partial charge < -0.3 is 15.3 Å². The van der Waals surface area contributed by atoms with E-state index in [0.717, 1.165) is 25.2 Å². The molecule has 0 saturated carbocycles. The third-order valence-corrected chi connectivity index (χ3v) is 6.53. The minimum absolute atomic E-state index is 0.00237. The van der Waals surface area contributed by atoms with Crippen LogP contribution in [0.2, 0.25) is 0 Å². The van der Waals surface area contributed by atoms with Gasteiger partial charge >= 0.3 is 6.03 Å². The number of halogens is 2. The molecule has 160 valence electrons. The summed E-state index contributed by atoms with van der Waals surface area (Å²) in [7, 11) is 0. The topological polar surface area (TPSA) is 78.4 Å². The molecule has 8 heteroatoms. The van der Waals surface area contributed by atoms with Crippen molar-refractivity contribution in [2.24, 2.45) is 5.92 Å². The summed E-state index contributed by atoms with van der Waals surface area (Å²) in [5.74, 6) is -0.504. The number of nitrogens with zero attached hydrogens (tertiary/aromatic N) is 3. The maximum absolute atomic E-state index is 14.7. The normalized spacial score (nSPS) is 25.6. The number of aryl methyl sites for hydroxylation is 1. The van der Waals surface area contributed by atoms with Crippen molar-refractivity contribution in [3.63, 3.8) is 0 Å². The van der Waals surface area contributed by atoms with Gasteiger partial charge in [-0.1, -0.05) is 6.92 Å². The fourth-order valence-electron chi connectivity index (χ4n) is 5.10. The number of piperidine rings is 1. The number of hydrogen-bond donors (Lipinski definition) is 2. The first-order valence-corrected chi connectivity index (χ1v) is 10.1. The lowest BCUT2D eigenvalue weighted by Crippen LogP contribution is -2.79. The van der Waals surface area contributed by atoms with E-state index in [-0.39, 0.29) is 17.6 Å². The van der Waals surface area contributed by atoms with E-state index >= 15 is 0 Å². The van der Waals surface area contributed by atoms with Gasteiger partial charge in [0.2, 0.25) is 0 Å². The molecule has 4 rings (SSSR count). The van der Waals surface area contributed by atoms with Gasteiger partial charge in [0, 0.05) is 11.6 Å². The van der Waals surface area contributed by atoms with E-state index in [0.29, 0.717) is 23.5 Å². The van der Waals surface area contributed by atoms with Gasteiger partial charge in [-0.3, -0.25) is 0 Å². The van der Waals surface area contributed by atoms with Crippen LogP contribution in [0, 0.1) is 24.5 Å². The number of benzene rings is 1. The van der Waals surface area contributed by atoms with Gasteiger partial charge in [-0.15, -0.1) is 0 Å². The number of amides is 2. The number of nitrogens with one attached hydrogen (secondary N) is 1. The average molecular weight is 416 g/mol. The van der Waals surface area contributed by atoms with Gasteiger partial charge in [0.25, 0.3) is 0 Å². The molecule has 2 bridgehead atoms. The van der Waals surface area contributed by atoms with Crippen molar-refractivity contribution in [1.82, 2.24) is 14.9 Å². The number of rotatable bonds is 3. The van der Waals surface area contributed by atoms with Crippen LogP contribution in [0.15, 0.2) is 24.5 Å². The van der Waals surface area contributed by atoms with Crippen LogP contribution in [0.25, 0.3) is 11.4 Å². The Bertz CT molecular complexity index is 990. The van der Waals surface area contributed by atoms with Gasteiger partial charge in [0.1, 0.15) is 5.82 Å². The van der Waals surface area contributed by atoms with Crippen LogP contribution in [0.4, 0.5) is 19.3 Å². The van der Waals surface area contributed by atoms with Gasteiger partial charge in [-0.05, 0) is 63.6 Å². The maximum Gasteiger partial charge on any atom is 0.322 e. The minimum Gasteiger partial charge on any atom is -0.388 e. The molecule has 2 aromatic rings. The van der Waals surface area contributed by atoms with E-state index in [1.807, 2.05) is 0 Å². The molecule has 2 amide bonds. The highest BCUT2D eigenvalue weighted by molar-refractivity contribution is 5.92. The van der Waals surface area contributed by atoms with E-state index < -0.39 is 28.8 Å². The van der Waals surface area contributed by atoms with Crippen LogP contribution in [-0.2, 0) is 0 Å². The molecule has 3 atom stereocenters. The smallest absolute Gasteiger partial charge is 0.322 e. The zero-order valence-corrected chi connectivity index (χ0v) is 17.5. The Balaban J connectivity index is 1.64. The molecule has 0 aliphatic carbocycles. The van der Waals surface area contributed by atoms with E-state index in [9.17, 15) is 18.7 Å². The van der Waals surface area contributed by atoms with Gasteiger partial charge in [-0.2, -0.15) is 0 Å². The number of aromatic nitrogens is 2. The Morgan fingerprint density at radius 2 is 1.93 bits per heavy atom. The second-order valence-electron chi connectivity index (χ2n) is 9.17. The summed E-state index contributed by atoms with van der Waals surface area (Å²) in [6.45, 7) is 7.26. The Morgan fingerprint density at radius 3 is 2.57 bits per heavy atom. The fourth-order valence-corrected chi connectivity index (χ4v) is 5.10. The zero-order chi connectivity index (χ0) is 21.8. The summed E-state index contributed by atoms with van der Waals surface area (Å²) in [5, 5.41) is 13.5. The molecule has 0 radical (unpaired) electrons. The van der Waals surface area contributed by atoms with Crippen molar-refractivity contribution >= 4 is 11.7 Å². The number of fused-ring (bicyclic) bond motifs is 2. The average Bonchev–Trinajstić information content (AvgIpc) is 2.63. The number of aliphatic hydroxyl groups is 1. The maximum atomic E-state index is 14.7. The predicted molar refractivity (Wildman–Crippen MR) is 109 cm³/mol. The second kappa shape index (κ2) is 6.97. The SMILES string of the molecule is Cc1cc(F)c(NC(=O)N2[C@@H]3C[C@H](C)C[C@@]2(C(C)(C)O)C3)cc1-c1ncc(F)cn1. The van der Waals surface area contributed by atoms with Crippen LogP contribution in [-0.4, -0.2) is 43.2 Å². The van der Waals surface area contributed by atoms with E-state index in [1.54, 1.807) is 25.7 Å². The first kappa shape index (κ1) is 20.7. The highest BCUT2D eigenvalue weighted by Crippen LogP contribution is 2.55. The van der Waals surface area contributed by atoms with Crippen molar-refractivity contribution in [2.75, 3.05) is 5.32 Å². The number of carbonyl (C=O) groups is 1. The number of anilines is 1. The van der Waals surface area contributed by atoms with Crippen molar-refractivity contribution in [2.45, 2.75) is 64.1 Å². The molecule has 1 aromatic carbocycles. The molecule has 2 aliphatic heterocycles. The Hall–Kier alpha value is -2.61. The molecular formula is C22H26F2N4O2. The molecule has 0 unspecified atom stereocenters. The Kier molecular flexibility index (Phi) is 4.80. The molecule has 2 fully saturated rings. The summed E-state index contributed by atoms with van der Waals surface area (Å²) >= 11 is 0. The monoisotopic (exact) mass is 416 g/mol. The Morgan fingerprint density at radius 1 is 1.27 bits per heavy atom. The van der Waals surface area contributed by atoms with E-state index in [2.05, 4.69) is 22.2 Å². The number of hydrogen-bond acceptors (Lipinski definition) is 4. The summed E-state index contributed by atoms with van der Waals surface area (Å²) < 4.78 is 27.8. The quantitative estimate of drug-likeness (QED) is 0.783. The summed E-state index contributed by atoms with van der Waals surface area (Å²) in [6, 6.07) is 2.34. The summed E-state index contributed by atoms with van der Waals surface area (Å²) in [4.78, 5) is 22.7. The van der Waals surface area contributed by atoms with Crippen LogP contribution >= 0.6 is 0 Å². The lowest BCUT2D eigenvalue weighted by Gasteiger charge is -2.67. The minimum atomic E-state index is -1.07. The van der Waals surface area contributed by atoms with Crippen LogP contribution in [0.1, 0.15) is 45.6 Å². The molecular weight excluding hydrogens is 390 g/mol. The molecule has 30 heavy (non-hydrogen) atoms. The molecule has 3 heterocycles. The van der Waals surface area contributed by atoms with Crippen molar-refractivity contribution < 1.29 is 18.7 Å². The highest BCUT2D eigenvalue weighted by Gasteiger charge is 2.64. The molecule has 1 aromatic heterocycles. The van der Waals surface area contributed by atoms with Gasteiger partial charge in [0.05, 0.1) is 29.2 Å². The van der Waals surface area contributed by atoms with Gasteiger partial charge in [0.15, 0.2) is 11.6 Å². The lowest BCUT2D eigenvalue weighted by atomic mass is 9.58. The van der Waals surface area contributed by atoms with Crippen molar-refractivity contribution in [3.8, 4) is 11.4 Å². The first-order chi connectivity index (χ1) is 14.0. The third-order valence-electron chi connectivity index (χ3n) is 6.53. The fraction of sp³-hybridized carbons (Fsp3) is 0.500. The zero-order valence-electron chi connectivity index (χ0n) is 17.5. The predicted octanol–water partition coefficient (Wildman–Crippen LogP) is 4.28. The number of carbonyl (C=O) groups excluding carboxylic acids is 1. The van der Waals surface area contributed by atoms with E-state index in [4.69, 9.17) is 0 Å². The molecule has 0 spiro atoms. The first-order valence-electron chi connectivity index (χ1n) is 10.1. The summed E-state index contributed by atoms with van der Waals surface area (Å²) in [5.41, 5.74) is -0.670. The second-order valence-corrected chi connectivity index (χ2v) is 9.17. The van der Waals surface area contributed by atoms with Gasteiger partial charge in [-0.25, -0.2) is 23.5 Å². The van der Waals surface area contributed by atoms with Crippen LogP contribution < -0.4 is 5.32 Å². The molecule has 2 N–H and O–H groups in total. The van der Waals surface area contributed by atoms with Crippen LogP contribution in [0.5, 0.6) is 0 Å². The van der Waals surface area contributed by atoms with Crippen molar-refractivity contribution in [3.05, 3.63) is 41.7 Å². The summed E-state index contributed by atoms with van der Waals surface area (Å²) in [6.07, 6.45) is 4.37. The van der Waals surface area contributed by atoms with Crippen molar-refractivity contribution in [1.29, 1.82) is 0 Å². The molecule has 6 nitrogen and oxygen atoms in total. The van der Waals surface area contributed by atoms with E-state index in [1.165, 1.54) is 12.1 Å². The number of urea groups is 1. The largest absolute Gasteiger partial charge is 0.388 e.